The maximum Gasteiger partial charge on any atom is 0.218 e. The van der Waals surface area contributed by atoms with Crippen molar-refractivity contribution < 1.29 is 8.42 Å². The molecule has 0 spiro atoms. The molecule has 0 unspecified atom stereocenters. The van der Waals surface area contributed by atoms with Crippen molar-refractivity contribution in [3.05, 3.63) is 53.6 Å². The first-order chi connectivity index (χ1) is 10.1. The highest BCUT2D eigenvalue weighted by molar-refractivity contribution is 7.88. The van der Waals surface area contributed by atoms with Gasteiger partial charge >= 0.3 is 0 Å². The molecule has 2 aromatic rings. The Labute approximate surface area is 129 Å². The van der Waals surface area contributed by atoms with E-state index in [1.54, 1.807) is 6.20 Å². The maximum atomic E-state index is 12.5. The van der Waals surface area contributed by atoms with Crippen molar-refractivity contribution in [2.24, 2.45) is 0 Å². The average molecular weight is 326 g/mol. The molecule has 0 bridgehead atoms. The number of nitrogens with zero attached hydrogens (tertiary/aromatic N) is 3. The molecule has 0 amide bonds. The summed E-state index contributed by atoms with van der Waals surface area (Å²) in [6.07, 6.45) is 3.58. The van der Waals surface area contributed by atoms with Gasteiger partial charge in [-0.2, -0.15) is 4.31 Å². The van der Waals surface area contributed by atoms with Gasteiger partial charge in [-0.15, -0.1) is 11.6 Å². The predicted octanol–water partition coefficient (Wildman–Crippen LogP) is 1.97. The Balaban J connectivity index is 1.78. The molecule has 1 aromatic carbocycles. The Hall–Kier alpha value is -1.37. The van der Waals surface area contributed by atoms with Gasteiger partial charge in [0.1, 0.15) is 5.82 Å². The zero-order chi connectivity index (χ0) is 14.9. The maximum absolute atomic E-state index is 12.5. The summed E-state index contributed by atoms with van der Waals surface area (Å²) in [6, 6.07) is 7.39. The van der Waals surface area contributed by atoms with E-state index >= 15 is 0 Å². The van der Waals surface area contributed by atoms with Crippen molar-refractivity contribution in [2.75, 3.05) is 6.54 Å². The number of halogens is 1. The van der Waals surface area contributed by atoms with Gasteiger partial charge < -0.3 is 4.57 Å². The molecule has 7 heteroatoms. The van der Waals surface area contributed by atoms with Gasteiger partial charge in [-0.3, -0.25) is 0 Å². The summed E-state index contributed by atoms with van der Waals surface area (Å²) in [5.41, 5.74) is 1.70. The van der Waals surface area contributed by atoms with E-state index in [1.165, 1.54) is 4.31 Å². The van der Waals surface area contributed by atoms with Crippen molar-refractivity contribution in [3.8, 4) is 0 Å². The Morgan fingerprint density at radius 2 is 2.05 bits per heavy atom. The van der Waals surface area contributed by atoms with Gasteiger partial charge in [0.15, 0.2) is 0 Å². The van der Waals surface area contributed by atoms with Crippen LogP contribution in [0.1, 0.15) is 17.0 Å². The number of alkyl halides is 1. The molecule has 5 nitrogen and oxygen atoms in total. The van der Waals surface area contributed by atoms with Gasteiger partial charge in [-0.05, 0) is 11.1 Å². The van der Waals surface area contributed by atoms with Crippen LogP contribution in [0.4, 0.5) is 0 Å². The van der Waals surface area contributed by atoms with Crippen LogP contribution in [-0.4, -0.2) is 28.8 Å². The van der Waals surface area contributed by atoms with E-state index in [9.17, 15) is 8.42 Å². The number of imidazole rings is 1. The smallest absolute Gasteiger partial charge is 0.218 e. The Bertz CT molecular complexity index is 742. The first-order valence-corrected chi connectivity index (χ1v) is 8.84. The number of sulfonamides is 1. The van der Waals surface area contributed by atoms with Crippen molar-refractivity contribution in [3.63, 3.8) is 0 Å². The summed E-state index contributed by atoms with van der Waals surface area (Å²) in [6.45, 7) is 1.47. The van der Waals surface area contributed by atoms with Crippen LogP contribution >= 0.6 is 11.6 Å². The second-order valence-electron chi connectivity index (χ2n) is 5.08. The molecular weight excluding hydrogens is 310 g/mol. The van der Waals surface area contributed by atoms with Crippen LogP contribution in [-0.2, 0) is 34.7 Å². The fraction of sp³-hybridized carbons (Fsp3) is 0.357. The molecule has 1 aliphatic rings. The van der Waals surface area contributed by atoms with E-state index in [0.29, 0.717) is 25.5 Å². The zero-order valence-electron chi connectivity index (χ0n) is 11.4. The molecule has 21 heavy (non-hydrogen) atoms. The molecule has 0 N–H and O–H groups in total. The number of rotatable bonds is 4. The Kier molecular flexibility index (Phi) is 4.01. The molecule has 0 aliphatic carbocycles. The Morgan fingerprint density at radius 1 is 1.24 bits per heavy atom. The third-order valence-electron chi connectivity index (χ3n) is 3.60. The van der Waals surface area contributed by atoms with E-state index in [0.717, 1.165) is 17.0 Å². The van der Waals surface area contributed by atoms with Gasteiger partial charge in [0.05, 0.1) is 12.3 Å². The van der Waals surface area contributed by atoms with E-state index in [4.69, 9.17) is 11.6 Å². The van der Waals surface area contributed by atoms with Crippen molar-refractivity contribution in [1.29, 1.82) is 0 Å². The van der Waals surface area contributed by atoms with Crippen LogP contribution in [0.25, 0.3) is 0 Å². The number of benzene rings is 1. The minimum absolute atomic E-state index is 0.00155. The van der Waals surface area contributed by atoms with Gasteiger partial charge in [-0.1, -0.05) is 24.3 Å². The summed E-state index contributed by atoms with van der Waals surface area (Å²) < 4.78 is 28.6. The second kappa shape index (κ2) is 5.79. The van der Waals surface area contributed by atoms with Gasteiger partial charge in [0, 0.05) is 31.4 Å². The van der Waals surface area contributed by atoms with Crippen LogP contribution in [0.5, 0.6) is 0 Å². The van der Waals surface area contributed by atoms with E-state index in [1.807, 2.05) is 35.0 Å². The molecule has 0 atom stereocenters. The minimum atomic E-state index is -3.35. The van der Waals surface area contributed by atoms with E-state index in [-0.39, 0.29) is 5.75 Å². The quantitative estimate of drug-likeness (QED) is 0.808. The second-order valence-corrected chi connectivity index (χ2v) is 7.32. The average Bonchev–Trinajstić information content (AvgIpc) is 2.94. The lowest BCUT2D eigenvalue weighted by Crippen LogP contribution is -2.38. The third kappa shape index (κ3) is 3.12. The Morgan fingerprint density at radius 3 is 2.86 bits per heavy atom. The van der Waals surface area contributed by atoms with Crippen LogP contribution in [0, 0.1) is 0 Å². The molecule has 0 saturated heterocycles. The molecule has 2 heterocycles. The zero-order valence-corrected chi connectivity index (χ0v) is 13.0. The molecule has 112 valence electrons. The highest BCUT2D eigenvalue weighted by atomic mass is 35.5. The molecule has 0 saturated carbocycles. The van der Waals surface area contributed by atoms with Gasteiger partial charge in [0.25, 0.3) is 0 Å². The standard InChI is InChI=1S/C14H16ClN3O2S/c15-9-12-2-1-3-13(8-12)11-21(19,20)18-7-6-17-5-4-16-14(17)10-18/h1-5,8H,6-7,9-11H2. The molecule has 0 fully saturated rings. The highest BCUT2D eigenvalue weighted by Crippen LogP contribution is 2.18. The summed E-state index contributed by atoms with van der Waals surface area (Å²) in [7, 11) is -3.35. The highest BCUT2D eigenvalue weighted by Gasteiger charge is 2.27. The monoisotopic (exact) mass is 325 g/mol. The number of hydrogen-bond donors (Lipinski definition) is 0. The summed E-state index contributed by atoms with van der Waals surface area (Å²) in [4.78, 5) is 4.19. The minimum Gasteiger partial charge on any atom is -0.333 e. The van der Waals surface area contributed by atoms with Crippen LogP contribution in [0.2, 0.25) is 0 Å². The van der Waals surface area contributed by atoms with Gasteiger partial charge in [0.2, 0.25) is 10.0 Å². The lowest BCUT2D eigenvalue weighted by molar-refractivity contribution is 0.335. The fourth-order valence-corrected chi connectivity index (χ4v) is 4.11. The van der Waals surface area contributed by atoms with Crippen LogP contribution in [0.3, 0.4) is 0 Å². The number of aromatic nitrogens is 2. The fourth-order valence-electron chi connectivity index (χ4n) is 2.49. The lowest BCUT2D eigenvalue weighted by atomic mass is 10.2. The van der Waals surface area contributed by atoms with Crippen LogP contribution < -0.4 is 0 Å². The first kappa shape index (κ1) is 14.6. The molecule has 1 aliphatic heterocycles. The van der Waals surface area contributed by atoms with E-state index < -0.39 is 10.0 Å². The van der Waals surface area contributed by atoms with Crippen molar-refractivity contribution in [2.45, 2.75) is 24.7 Å². The molecule has 0 radical (unpaired) electrons. The van der Waals surface area contributed by atoms with Crippen molar-refractivity contribution >= 4 is 21.6 Å². The van der Waals surface area contributed by atoms with Crippen LogP contribution in [0.15, 0.2) is 36.7 Å². The largest absolute Gasteiger partial charge is 0.333 e. The molecular formula is C14H16ClN3O2S. The SMILES string of the molecule is O=S(=O)(Cc1cccc(CCl)c1)N1CCn2ccnc2C1. The third-order valence-corrected chi connectivity index (χ3v) is 5.70. The first-order valence-electron chi connectivity index (χ1n) is 6.70. The summed E-state index contributed by atoms with van der Waals surface area (Å²) in [5, 5.41) is 0. The van der Waals surface area contributed by atoms with E-state index in [2.05, 4.69) is 4.98 Å². The van der Waals surface area contributed by atoms with Gasteiger partial charge in [-0.25, -0.2) is 13.4 Å². The molecule has 1 aromatic heterocycles. The normalized spacial score (nSPS) is 15.9. The number of fused-ring (bicyclic) bond motifs is 1. The topological polar surface area (TPSA) is 55.2 Å². The summed E-state index contributed by atoms with van der Waals surface area (Å²) >= 11 is 5.79. The van der Waals surface area contributed by atoms with Crippen molar-refractivity contribution in [1.82, 2.24) is 13.9 Å². The number of hydrogen-bond acceptors (Lipinski definition) is 3. The summed E-state index contributed by atoms with van der Waals surface area (Å²) in [5.74, 6) is 1.17. The lowest BCUT2D eigenvalue weighted by Gasteiger charge is -2.27. The molecule has 3 rings (SSSR count). The predicted molar refractivity (Wildman–Crippen MR) is 81.3 cm³/mol.